The van der Waals surface area contributed by atoms with Crippen LogP contribution in [-0.4, -0.2) is 33.7 Å². The first-order chi connectivity index (χ1) is 8.61. The molecule has 6 heteroatoms. The molecule has 0 N–H and O–H groups in total. The molecule has 0 aromatic rings. The summed E-state index contributed by atoms with van der Waals surface area (Å²) >= 11 is 11.8. The molecule has 0 bridgehead atoms. The highest BCUT2D eigenvalue weighted by Gasteiger charge is 2.13. The minimum absolute atomic E-state index is 0.00691. The number of halogens is 2. The van der Waals surface area contributed by atoms with Gasteiger partial charge < -0.3 is 0 Å². The van der Waals surface area contributed by atoms with Crippen molar-refractivity contribution in [1.29, 1.82) is 0 Å². The van der Waals surface area contributed by atoms with Gasteiger partial charge in [-0.25, -0.2) is 0 Å². The Morgan fingerprint density at radius 2 is 1.06 bits per heavy atom. The van der Waals surface area contributed by atoms with Gasteiger partial charge in [-0.1, -0.05) is 12.8 Å². The van der Waals surface area contributed by atoms with Gasteiger partial charge in [-0.2, -0.15) is 0 Å². The third-order valence-corrected chi connectivity index (χ3v) is 3.75. The van der Waals surface area contributed by atoms with Gasteiger partial charge in [-0.3, -0.25) is 18.4 Å². The average molecular weight is 295 g/mol. The molecular weight excluding hydrogens is 275 g/mol. The van der Waals surface area contributed by atoms with Crippen molar-refractivity contribution in [2.75, 3.05) is 13.1 Å². The van der Waals surface area contributed by atoms with Crippen LogP contribution in [0.25, 0.3) is 0 Å². The maximum absolute atomic E-state index is 11.6. The van der Waals surface area contributed by atoms with Crippen LogP contribution in [0.1, 0.15) is 51.4 Å². The molecule has 1 saturated heterocycles. The first-order valence-electron chi connectivity index (χ1n) is 6.53. The molecule has 0 saturated carbocycles. The van der Waals surface area contributed by atoms with Crippen molar-refractivity contribution in [3.63, 3.8) is 0 Å². The standard InChI is InChI=1S/C12H20Cl2N2O2/c13-15-9-5-1-3-7-11(17)16(14)10-6-2-4-8-12(15)18/h1-10H2. The molecule has 0 aromatic heterocycles. The van der Waals surface area contributed by atoms with Crippen LogP contribution in [0.5, 0.6) is 0 Å². The second-order valence-corrected chi connectivity index (χ2v) is 5.40. The summed E-state index contributed by atoms with van der Waals surface area (Å²) in [6, 6.07) is 0. The highest BCUT2D eigenvalue weighted by molar-refractivity contribution is 6.21. The molecule has 1 aliphatic rings. The highest BCUT2D eigenvalue weighted by atomic mass is 35.5. The van der Waals surface area contributed by atoms with Crippen LogP contribution in [0, 0.1) is 0 Å². The molecule has 1 aliphatic heterocycles. The summed E-state index contributed by atoms with van der Waals surface area (Å²) in [5, 5.41) is 0. The zero-order chi connectivity index (χ0) is 13.4. The summed E-state index contributed by atoms with van der Waals surface area (Å²) in [7, 11) is 0. The van der Waals surface area contributed by atoms with Crippen LogP contribution in [0.3, 0.4) is 0 Å². The lowest BCUT2D eigenvalue weighted by atomic mass is 10.1. The van der Waals surface area contributed by atoms with Crippen LogP contribution >= 0.6 is 23.6 Å². The Hall–Kier alpha value is -0.480. The molecule has 2 amide bonds. The number of carbonyl (C=O) groups is 2. The third-order valence-electron chi connectivity index (χ3n) is 3.03. The third kappa shape index (κ3) is 5.91. The van der Waals surface area contributed by atoms with Gasteiger partial charge in [0, 0.05) is 49.5 Å². The number of carbonyl (C=O) groups excluding carboxylic acids is 2. The van der Waals surface area contributed by atoms with Crippen molar-refractivity contribution in [3.05, 3.63) is 0 Å². The average Bonchev–Trinajstić information content (AvgIpc) is 2.35. The molecule has 0 unspecified atom stereocenters. The first-order valence-corrected chi connectivity index (χ1v) is 7.21. The SMILES string of the molecule is O=C1CCCCCN(Cl)C(=O)CCCCCN1Cl. The lowest BCUT2D eigenvalue weighted by Gasteiger charge is -2.16. The quantitative estimate of drug-likeness (QED) is 0.644. The fraction of sp³-hybridized carbons (Fsp3) is 0.833. The number of nitrogens with zero attached hydrogens (tertiary/aromatic N) is 2. The largest absolute Gasteiger partial charge is 0.274 e. The lowest BCUT2D eigenvalue weighted by Crippen LogP contribution is -2.24. The van der Waals surface area contributed by atoms with Gasteiger partial charge in [-0.15, -0.1) is 0 Å². The molecule has 4 nitrogen and oxygen atoms in total. The second-order valence-electron chi connectivity index (χ2n) is 4.58. The number of amides is 2. The van der Waals surface area contributed by atoms with E-state index in [9.17, 15) is 9.59 Å². The maximum Gasteiger partial charge on any atom is 0.236 e. The molecule has 1 fully saturated rings. The molecule has 1 heterocycles. The van der Waals surface area contributed by atoms with E-state index in [0.29, 0.717) is 25.9 Å². The molecule has 1 rings (SSSR count). The van der Waals surface area contributed by atoms with Crippen molar-refractivity contribution in [1.82, 2.24) is 8.84 Å². The predicted molar refractivity (Wildman–Crippen MR) is 72.1 cm³/mol. The van der Waals surface area contributed by atoms with Crippen molar-refractivity contribution in [2.45, 2.75) is 51.4 Å². The monoisotopic (exact) mass is 294 g/mol. The van der Waals surface area contributed by atoms with E-state index in [-0.39, 0.29) is 11.8 Å². The second kappa shape index (κ2) is 8.59. The summed E-state index contributed by atoms with van der Waals surface area (Å²) in [6.07, 6.45) is 5.94. The fourth-order valence-electron chi connectivity index (χ4n) is 1.90. The Bertz CT molecular complexity index is 259. The van der Waals surface area contributed by atoms with Crippen LogP contribution in [-0.2, 0) is 9.59 Å². The Morgan fingerprint density at radius 1 is 0.667 bits per heavy atom. The fourth-order valence-corrected chi connectivity index (χ4v) is 2.31. The Morgan fingerprint density at radius 3 is 1.44 bits per heavy atom. The summed E-state index contributed by atoms with van der Waals surface area (Å²) in [5.74, 6) is -0.0138. The van der Waals surface area contributed by atoms with Gasteiger partial charge in [0.2, 0.25) is 11.8 Å². The van der Waals surface area contributed by atoms with E-state index in [1.807, 2.05) is 0 Å². The van der Waals surface area contributed by atoms with E-state index in [1.54, 1.807) is 0 Å². The highest BCUT2D eigenvalue weighted by Crippen LogP contribution is 2.12. The summed E-state index contributed by atoms with van der Waals surface area (Å²) in [4.78, 5) is 23.2. The number of hydrogen-bond acceptors (Lipinski definition) is 2. The van der Waals surface area contributed by atoms with E-state index in [4.69, 9.17) is 23.6 Å². The van der Waals surface area contributed by atoms with Crippen molar-refractivity contribution in [3.8, 4) is 0 Å². The Balaban J connectivity index is 2.41. The van der Waals surface area contributed by atoms with Gasteiger partial charge in [0.25, 0.3) is 0 Å². The van der Waals surface area contributed by atoms with E-state index in [1.165, 1.54) is 8.84 Å². The van der Waals surface area contributed by atoms with E-state index < -0.39 is 0 Å². The number of rotatable bonds is 0. The maximum atomic E-state index is 11.6. The Labute approximate surface area is 118 Å². The molecule has 0 spiro atoms. The molecule has 18 heavy (non-hydrogen) atoms. The summed E-state index contributed by atoms with van der Waals surface area (Å²) in [6.45, 7) is 1.11. The molecule has 0 atom stereocenters. The van der Waals surface area contributed by atoms with E-state index >= 15 is 0 Å². The van der Waals surface area contributed by atoms with Crippen LogP contribution < -0.4 is 0 Å². The van der Waals surface area contributed by atoms with E-state index in [0.717, 1.165) is 38.5 Å². The number of hydrogen-bond donors (Lipinski definition) is 0. The smallest absolute Gasteiger partial charge is 0.236 e. The minimum atomic E-state index is -0.00691. The topological polar surface area (TPSA) is 40.6 Å². The zero-order valence-corrected chi connectivity index (χ0v) is 12.0. The van der Waals surface area contributed by atoms with Gasteiger partial charge in [0.15, 0.2) is 0 Å². The first kappa shape index (κ1) is 15.6. The van der Waals surface area contributed by atoms with Crippen LogP contribution in [0.15, 0.2) is 0 Å². The van der Waals surface area contributed by atoms with Crippen molar-refractivity contribution in [2.24, 2.45) is 0 Å². The normalized spacial score (nSPS) is 21.9. The molecule has 0 aliphatic carbocycles. The van der Waals surface area contributed by atoms with Gasteiger partial charge >= 0.3 is 0 Å². The molecule has 0 radical (unpaired) electrons. The predicted octanol–water partition coefficient (Wildman–Crippen LogP) is 3.09. The van der Waals surface area contributed by atoms with Gasteiger partial charge in [0.1, 0.15) is 0 Å². The lowest BCUT2D eigenvalue weighted by molar-refractivity contribution is -0.128. The van der Waals surface area contributed by atoms with Crippen LogP contribution in [0.4, 0.5) is 0 Å². The van der Waals surface area contributed by atoms with E-state index in [2.05, 4.69) is 0 Å². The summed E-state index contributed by atoms with van der Waals surface area (Å²) < 4.78 is 2.56. The minimum Gasteiger partial charge on any atom is -0.274 e. The Kier molecular flexibility index (Phi) is 7.44. The summed E-state index contributed by atoms with van der Waals surface area (Å²) in [5.41, 5.74) is 0. The molecule has 0 aromatic carbocycles. The zero-order valence-electron chi connectivity index (χ0n) is 10.5. The van der Waals surface area contributed by atoms with Gasteiger partial charge in [-0.05, 0) is 25.7 Å². The van der Waals surface area contributed by atoms with Crippen LogP contribution in [0.2, 0.25) is 0 Å². The molecule has 104 valence electrons. The van der Waals surface area contributed by atoms with Gasteiger partial charge in [0.05, 0.1) is 0 Å². The van der Waals surface area contributed by atoms with Crippen molar-refractivity contribution < 1.29 is 9.59 Å². The van der Waals surface area contributed by atoms with Crippen molar-refractivity contribution >= 4 is 35.4 Å². The molecular formula is C12H20Cl2N2O2.